The lowest BCUT2D eigenvalue weighted by Gasteiger charge is -2.27. The molecule has 212 valence electrons. The number of hydrogen-bond acceptors (Lipinski definition) is 3. The minimum atomic E-state index is -0.532. The lowest BCUT2D eigenvalue weighted by molar-refractivity contribution is -0.144. The van der Waals surface area contributed by atoms with Gasteiger partial charge in [0.25, 0.3) is 0 Å². The van der Waals surface area contributed by atoms with Gasteiger partial charge in [-0.05, 0) is 105 Å². The van der Waals surface area contributed by atoms with Crippen LogP contribution in [0, 0.1) is 5.41 Å². The van der Waals surface area contributed by atoms with Gasteiger partial charge in [-0.1, -0.05) is 86.5 Å². The number of fused-ring (bicyclic) bond motifs is 4. The van der Waals surface area contributed by atoms with Crippen LogP contribution in [0.5, 0.6) is 11.5 Å². The van der Waals surface area contributed by atoms with E-state index in [0.717, 1.165) is 66.5 Å². The van der Waals surface area contributed by atoms with Crippen molar-refractivity contribution in [3.05, 3.63) is 108 Å². The predicted octanol–water partition coefficient (Wildman–Crippen LogP) is 9.84. The van der Waals surface area contributed by atoms with Crippen LogP contribution in [0.2, 0.25) is 0 Å². The van der Waals surface area contributed by atoms with Crippen molar-refractivity contribution in [1.82, 2.24) is 0 Å². The summed E-state index contributed by atoms with van der Waals surface area (Å²) >= 11 is 0. The first-order chi connectivity index (χ1) is 19.6. The lowest BCUT2D eigenvalue weighted by Crippen LogP contribution is -2.29. The highest BCUT2D eigenvalue weighted by Crippen LogP contribution is 2.38. The van der Waals surface area contributed by atoms with Gasteiger partial charge in [0.1, 0.15) is 17.1 Å². The standard InChI is InChI=1S/C38H42O3/c1-6-7-21-37(2,3)36(39)40-34-18-16-28(25-32(34)30-13-9-8-10-14-30)23-29-17-19-35-33(26-29)31-15-11-12-27(24-31)20-22-38(4,5)41-35/h8-19,24-26H,6-7,20-23H2,1-5H3. The molecule has 3 heteroatoms. The maximum Gasteiger partial charge on any atom is 0.316 e. The van der Waals surface area contributed by atoms with E-state index in [1.165, 1.54) is 16.7 Å². The molecular weight excluding hydrogens is 504 g/mol. The van der Waals surface area contributed by atoms with E-state index in [1.807, 2.05) is 38.1 Å². The normalized spacial score (nSPS) is 14.2. The first-order valence-corrected chi connectivity index (χ1v) is 15.0. The van der Waals surface area contributed by atoms with Crippen molar-refractivity contribution in [2.24, 2.45) is 5.41 Å². The zero-order chi connectivity index (χ0) is 29.0. The van der Waals surface area contributed by atoms with E-state index < -0.39 is 5.41 Å². The Morgan fingerprint density at radius 3 is 2.32 bits per heavy atom. The molecular formula is C38H42O3. The van der Waals surface area contributed by atoms with Crippen molar-refractivity contribution in [3.63, 3.8) is 0 Å². The fourth-order valence-corrected chi connectivity index (χ4v) is 5.50. The molecule has 0 aliphatic carbocycles. The van der Waals surface area contributed by atoms with Crippen molar-refractivity contribution >= 4 is 5.97 Å². The van der Waals surface area contributed by atoms with Gasteiger partial charge in [0.2, 0.25) is 0 Å². The summed E-state index contributed by atoms with van der Waals surface area (Å²) in [6, 6.07) is 31.8. The fourth-order valence-electron chi connectivity index (χ4n) is 5.50. The summed E-state index contributed by atoms with van der Waals surface area (Å²) in [5.74, 6) is 1.35. The van der Waals surface area contributed by atoms with Crippen molar-refractivity contribution in [1.29, 1.82) is 0 Å². The van der Waals surface area contributed by atoms with Crippen molar-refractivity contribution in [3.8, 4) is 33.8 Å². The highest BCUT2D eigenvalue weighted by Gasteiger charge is 2.30. The zero-order valence-corrected chi connectivity index (χ0v) is 25.1. The molecule has 1 aliphatic heterocycles. The number of aryl methyl sites for hydroxylation is 1. The number of carbonyl (C=O) groups is 1. The molecule has 0 aromatic heterocycles. The first-order valence-electron chi connectivity index (χ1n) is 15.0. The topological polar surface area (TPSA) is 35.5 Å². The largest absolute Gasteiger partial charge is 0.487 e. The summed E-state index contributed by atoms with van der Waals surface area (Å²) in [4.78, 5) is 13.2. The summed E-state index contributed by atoms with van der Waals surface area (Å²) < 4.78 is 12.6. The monoisotopic (exact) mass is 546 g/mol. The van der Waals surface area contributed by atoms with Crippen molar-refractivity contribution < 1.29 is 14.3 Å². The van der Waals surface area contributed by atoms with Crippen LogP contribution in [0.3, 0.4) is 0 Å². The molecule has 0 atom stereocenters. The molecule has 0 saturated carbocycles. The highest BCUT2D eigenvalue weighted by atomic mass is 16.5. The van der Waals surface area contributed by atoms with Crippen LogP contribution < -0.4 is 9.47 Å². The minimum Gasteiger partial charge on any atom is -0.487 e. The van der Waals surface area contributed by atoms with E-state index in [4.69, 9.17) is 9.47 Å². The van der Waals surface area contributed by atoms with Crippen LogP contribution >= 0.6 is 0 Å². The third-order valence-electron chi connectivity index (χ3n) is 8.13. The number of rotatable bonds is 8. The second-order valence-electron chi connectivity index (χ2n) is 12.6. The first kappa shape index (κ1) is 28.7. The number of hydrogen-bond donors (Lipinski definition) is 0. The Kier molecular flexibility index (Phi) is 8.35. The van der Waals surface area contributed by atoms with Crippen LogP contribution in [0.25, 0.3) is 22.3 Å². The Hall–Kier alpha value is -3.85. The second-order valence-corrected chi connectivity index (χ2v) is 12.6. The summed E-state index contributed by atoms with van der Waals surface area (Å²) in [5, 5.41) is 0. The number of ether oxygens (including phenoxy) is 2. The molecule has 2 bridgehead atoms. The van der Waals surface area contributed by atoms with Crippen LogP contribution in [-0.2, 0) is 17.6 Å². The SMILES string of the molecule is CCCCC(C)(C)C(=O)Oc1ccc(Cc2ccc3c(c2)-c2cccc(c2)CCC(C)(C)O3)cc1-c1ccccc1. The zero-order valence-electron chi connectivity index (χ0n) is 25.1. The molecule has 0 fully saturated rings. The highest BCUT2D eigenvalue weighted by molar-refractivity contribution is 5.82. The average molecular weight is 547 g/mol. The Labute approximate surface area is 245 Å². The average Bonchev–Trinajstić information content (AvgIpc) is 3.00. The molecule has 0 unspecified atom stereocenters. The maximum atomic E-state index is 13.2. The second kappa shape index (κ2) is 11.9. The van der Waals surface area contributed by atoms with Gasteiger partial charge >= 0.3 is 5.97 Å². The fraction of sp³-hybridized carbons (Fsp3) is 0.342. The smallest absolute Gasteiger partial charge is 0.316 e. The summed E-state index contributed by atoms with van der Waals surface area (Å²) in [7, 11) is 0. The van der Waals surface area contributed by atoms with Gasteiger partial charge in [-0.3, -0.25) is 4.79 Å². The van der Waals surface area contributed by atoms with E-state index in [2.05, 4.69) is 87.5 Å². The van der Waals surface area contributed by atoms with Crippen molar-refractivity contribution in [2.75, 3.05) is 0 Å². The maximum absolute atomic E-state index is 13.2. The molecule has 3 nitrogen and oxygen atoms in total. The van der Waals surface area contributed by atoms with Gasteiger partial charge in [-0.25, -0.2) is 0 Å². The van der Waals surface area contributed by atoms with E-state index in [-0.39, 0.29) is 11.6 Å². The molecule has 4 aromatic rings. The van der Waals surface area contributed by atoms with Crippen LogP contribution in [0.15, 0.2) is 91.0 Å². The van der Waals surface area contributed by atoms with E-state index in [1.54, 1.807) is 0 Å². The van der Waals surface area contributed by atoms with Gasteiger partial charge in [-0.2, -0.15) is 0 Å². The van der Waals surface area contributed by atoms with E-state index in [0.29, 0.717) is 5.75 Å². The van der Waals surface area contributed by atoms with Crippen LogP contribution in [0.1, 0.15) is 77.0 Å². The van der Waals surface area contributed by atoms with Gasteiger partial charge in [0.05, 0.1) is 5.41 Å². The third-order valence-corrected chi connectivity index (χ3v) is 8.13. The number of benzene rings is 4. The Bertz CT molecular complexity index is 1510. The third kappa shape index (κ3) is 6.90. The molecule has 1 heterocycles. The molecule has 4 aromatic carbocycles. The molecule has 41 heavy (non-hydrogen) atoms. The van der Waals surface area contributed by atoms with Crippen molar-refractivity contribution in [2.45, 2.75) is 78.7 Å². The van der Waals surface area contributed by atoms with Gasteiger partial charge in [0, 0.05) is 11.1 Å². The number of esters is 1. The number of unbranched alkanes of at least 4 members (excludes halogenated alkanes) is 1. The predicted molar refractivity (Wildman–Crippen MR) is 169 cm³/mol. The molecule has 0 saturated heterocycles. The molecule has 0 radical (unpaired) electrons. The molecule has 5 rings (SSSR count). The van der Waals surface area contributed by atoms with Gasteiger partial charge < -0.3 is 9.47 Å². The van der Waals surface area contributed by atoms with E-state index in [9.17, 15) is 4.79 Å². The van der Waals surface area contributed by atoms with Crippen LogP contribution in [0.4, 0.5) is 0 Å². The Balaban J connectivity index is 1.48. The van der Waals surface area contributed by atoms with Crippen LogP contribution in [-0.4, -0.2) is 11.6 Å². The summed E-state index contributed by atoms with van der Waals surface area (Å²) in [6.45, 7) is 10.4. The molecule has 0 amide bonds. The van der Waals surface area contributed by atoms with Gasteiger partial charge in [0.15, 0.2) is 0 Å². The lowest BCUT2D eigenvalue weighted by atomic mass is 9.87. The molecule has 0 spiro atoms. The number of carbonyl (C=O) groups excluding carboxylic acids is 1. The minimum absolute atomic E-state index is 0.182. The van der Waals surface area contributed by atoms with Gasteiger partial charge in [-0.15, -0.1) is 0 Å². The quantitative estimate of drug-likeness (QED) is 0.163. The Morgan fingerprint density at radius 1 is 0.854 bits per heavy atom. The summed E-state index contributed by atoms with van der Waals surface area (Å²) in [6.07, 6.45) is 5.58. The molecule has 1 aliphatic rings. The van der Waals surface area contributed by atoms with E-state index >= 15 is 0 Å². The Morgan fingerprint density at radius 2 is 1.56 bits per heavy atom. The summed E-state index contributed by atoms with van der Waals surface area (Å²) in [5.41, 5.74) is 7.22. The molecule has 0 N–H and O–H groups in total.